The number of carboxylic acid groups (broad SMARTS) is 1. The van der Waals surface area contributed by atoms with Crippen LogP contribution in [0.5, 0.6) is 0 Å². The van der Waals surface area contributed by atoms with Gasteiger partial charge in [-0.25, -0.2) is 4.79 Å². The van der Waals surface area contributed by atoms with Crippen LogP contribution in [0.2, 0.25) is 5.02 Å². The number of nitrogens with zero attached hydrogens (tertiary/aromatic N) is 1. The maximum Gasteiger partial charge on any atom is 0.322 e. The number of aliphatic carboxylic acids is 1. The molecule has 33 heavy (non-hydrogen) atoms. The van der Waals surface area contributed by atoms with Crippen molar-refractivity contribution in [2.75, 3.05) is 0 Å². The Kier molecular flexibility index (Phi) is 5.00. The van der Waals surface area contributed by atoms with Gasteiger partial charge in [0.1, 0.15) is 0 Å². The number of fused-ring (bicyclic) bond motifs is 1. The van der Waals surface area contributed by atoms with Crippen molar-refractivity contribution in [3.05, 3.63) is 46.1 Å². The first-order valence-corrected chi connectivity index (χ1v) is 12.6. The molecule has 0 aromatic heterocycles. The molecule has 2 atom stereocenters. The summed E-state index contributed by atoms with van der Waals surface area (Å²) in [5.74, 6) is -0.183. The molecule has 1 heterocycles. The summed E-state index contributed by atoms with van der Waals surface area (Å²) in [6.45, 7) is 8.97. The number of halogens is 1. The maximum atomic E-state index is 13.4. The molecule has 0 radical (unpaired) electrons. The summed E-state index contributed by atoms with van der Waals surface area (Å²) in [5.41, 5.74) is 2.21. The van der Waals surface area contributed by atoms with E-state index in [2.05, 4.69) is 57.4 Å². The van der Waals surface area contributed by atoms with Crippen molar-refractivity contribution in [1.29, 1.82) is 0 Å². The van der Waals surface area contributed by atoms with E-state index in [1.807, 2.05) is 4.90 Å². The van der Waals surface area contributed by atoms with Crippen molar-refractivity contribution < 1.29 is 14.7 Å². The molecule has 4 saturated carbocycles. The first-order chi connectivity index (χ1) is 15.4. The molecule has 1 aliphatic heterocycles. The highest BCUT2D eigenvalue weighted by molar-refractivity contribution is 6.31. The molecule has 0 spiro atoms. The van der Waals surface area contributed by atoms with Crippen LogP contribution in [0.1, 0.15) is 83.8 Å². The van der Waals surface area contributed by atoms with Crippen molar-refractivity contribution in [3.8, 4) is 0 Å². The standard InChI is InChI=1S/C27H35ClN2O3/c1-17-7-10-27(19-6-5-18(21(28)12-19)8-9-24(2,3)4)20(11-17)13-30(23(33)29-27)26-14-25(15-26,16-26)22(31)32/h5-6,12-13,17H,7-11,14-16H2,1-4H3,(H,29,33)(H,31,32)/t17?,25?,26?,27-/m0/s1. The number of hydrogen-bond donors (Lipinski definition) is 2. The maximum absolute atomic E-state index is 13.4. The summed E-state index contributed by atoms with van der Waals surface area (Å²) < 4.78 is 0. The van der Waals surface area contributed by atoms with Gasteiger partial charge in [-0.05, 0) is 85.5 Å². The molecular weight excluding hydrogens is 436 g/mol. The summed E-state index contributed by atoms with van der Waals surface area (Å²) >= 11 is 6.76. The van der Waals surface area contributed by atoms with Crippen LogP contribution in [0.4, 0.5) is 4.79 Å². The Labute approximate surface area is 201 Å². The average Bonchev–Trinajstić information content (AvgIpc) is 2.64. The van der Waals surface area contributed by atoms with E-state index in [0.29, 0.717) is 25.2 Å². The van der Waals surface area contributed by atoms with Gasteiger partial charge in [0.15, 0.2) is 0 Å². The van der Waals surface area contributed by atoms with Gasteiger partial charge in [0.25, 0.3) is 0 Å². The van der Waals surface area contributed by atoms with Gasteiger partial charge in [-0.3, -0.25) is 9.69 Å². The molecule has 1 unspecified atom stereocenters. The van der Waals surface area contributed by atoms with Gasteiger partial charge < -0.3 is 10.4 Å². The highest BCUT2D eigenvalue weighted by atomic mass is 35.5. The van der Waals surface area contributed by atoms with Gasteiger partial charge in [-0.1, -0.05) is 51.4 Å². The van der Waals surface area contributed by atoms with E-state index < -0.39 is 16.9 Å². The molecule has 1 aromatic carbocycles. The summed E-state index contributed by atoms with van der Waals surface area (Å²) in [5, 5.41) is 13.6. The van der Waals surface area contributed by atoms with Crippen molar-refractivity contribution in [2.24, 2.45) is 16.7 Å². The number of carboxylic acids is 1. The first-order valence-electron chi connectivity index (χ1n) is 12.2. The fraction of sp³-hybridized carbons (Fsp3) is 0.630. The lowest BCUT2D eigenvalue weighted by Crippen LogP contribution is -2.78. The van der Waals surface area contributed by atoms with Crippen LogP contribution >= 0.6 is 11.6 Å². The van der Waals surface area contributed by atoms with Crippen LogP contribution in [-0.2, 0) is 16.8 Å². The number of nitrogens with one attached hydrogen (secondary N) is 1. The lowest BCUT2D eigenvalue weighted by Gasteiger charge is -2.71. The topological polar surface area (TPSA) is 69.6 Å². The highest BCUT2D eigenvalue weighted by Crippen LogP contribution is 2.70. The minimum atomic E-state index is -0.726. The number of benzene rings is 1. The molecule has 5 aliphatic rings. The third-order valence-electron chi connectivity index (χ3n) is 8.61. The van der Waals surface area contributed by atoms with E-state index in [-0.39, 0.29) is 17.0 Å². The molecule has 6 rings (SSSR count). The average molecular weight is 471 g/mol. The second-order valence-corrected chi connectivity index (χ2v) is 12.8. The van der Waals surface area contributed by atoms with Crippen molar-refractivity contribution in [1.82, 2.24) is 10.2 Å². The van der Waals surface area contributed by atoms with Gasteiger partial charge in [-0.15, -0.1) is 0 Å². The van der Waals surface area contributed by atoms with Crippen LogP contribution in [-0.4, -0.2) is 27.5 Å². The third kappa shape index (κ3) is 3.50. The molecule has 1 aromatic rings. The minimum absolute atomic E-state index is 0.111. The molecule has 4 fully saturated rings. The number of rotatable bonds is 5. The Bertz CT molecular complexity index is 1040. The Morgan fingerprint density at radius 1 is 1.27 bits per heavy atom. The first kappa shape index (κ1) is 22.8. The summed E-state index contributed by atoms with van der Waals surface area (Å²) in [4.78, 5) is 26.8. The van der Waals surface area contributed by atoms with E-state index in [1.165, 1.54) is 5.57 Å². The second-order valence-electron chi connectivity index (χ2n) is 12.4. The van der Waals surface area contributed by atoms with Crippen LogP contribution < -0.4 is 5.32 Å². The van der Waals surface area contributed by atoms with Gasteiger partial charge in [-0.2, -0.15) is 0 Å². The molecule has 2 bridgehead atoms. The fourth-order valence-corrected chi connectivity index (χ4v) is 6.81. The number of hydrogen-bond acceptors (Lipinski definition) is 2. The van der Waals surface area contributed by atoms with E-state index in [0.717, 1.165) is 48.3 Å². The van der Waals surface area contributed by atoms with Gasteiger partial charge >= 0.3 is 12.0 Å². The Morgan fingerprint density at radius 3 is 2.58 bits per heavy atom. The van der Waals surface area contributed by atoms with Crippen LogP contribution in [0.25, 0.3) is 0 Å². The summed E-state index contributed by atoms with van der Waals surface area (Å²) in [6, 6.07) is 6.22. The van der Waals surface area contributed by atoms with E-state index >= 15 is 0 Å². The number of urea groups is 1. The molecule has 6 heteroatoms. The minimum Gasteiger partial charge on any atom is -0.481 e. The van der Waals surface area contributed by atoms with Gasteiger partial charge in [0, 0.05) is 11.2 Å². The van der Waals surface area contributed by atoms with E-state index in [4.69, 9.17) is 11.6 Å². The number of carbonyl (C=O) groups excluding carboxylic acids is 1. The van der Waals surface area contributed by atoms with Gasteiger partial charge in [0.05, 0.1) is 16.5 Å². The monoisotopic (exact) mass is 470 g/mol. The van der Waals surface area contributed by atoms with Crippen molar-refractivity contribution in [2.45, 2.75) is 90.1 Å². The lowest BCUT2D eigenvalue weighted by molar-refractivity contribution is -0.215. The third-order valence-corrected chi connectivity index (χ3v) is 8.96. The molecule has 5 nitrogen and oxygen atoms in total. The van der Waals surface area contributed by atoms with Crippen molar-refractivity contribution >= 4 is 23.6 Å². The van der Waals surface area contributed by atoms with Gasteiger partial charge in [0.2, 0.25) is 0 Å². The predicted octanol–water partition coefficient (Wildman–Crippen LogP) is 6.25. The molecule has 4 aliphatic carbocycles. The smallest absolute Gasteiger partial charge is 0.322 e. The Hall–Kier alpha value is -2.01. The number of aryl methyl sites for hydroxylation is 1. The quantitative estimate of drug-likeness (QED) is 0.534. The van der Waals surface area contributed by atoms with E-state index in [9.17, 15) is 14.7 Å². The van der Waals surface area contributed by atoms with Crippen LogP contribution in [0.15, 0.2) is 30.0 Å². The SMILES string of the molecule is CC1CC[C@@]2(c3ccc(CCC(C)(C)C)c(Cl)c3)NC(=O)N(C34CC(C(=O)O)(C3)C4)C=C2C1. The molecule has 2 N–H and O–H groups in total. The largest absolute Gasteiger partial charge is 0.481 e. The number of amides is 2. The molecule has 178 valence electrons. The second kappa shape index (κ2) is 7.24. The number of carbonyl (C=O) groups is 2. The summed E-state index contributed by atoms with van der Waals surface area (Å²) in [7, 11) is 0. The van der Waals surface area contributed by atoms with E-state index in [1.54, 1.807) is 0 Å². The lowest BCUT2D eigenvalue weighted by atomic mass is 9.38. The zero-order chi connectivity index (χ0) is 23.8. The Morgan fingerprint density at radius 2 is 1.97 bits per heavy atom. The Balaban J connectivity index is 1.45. The zero-order valence-electron chi connectivity index (χ0n) is 20.1. The molecule has 0 saturated heterocycles. The zero-order valence-corrected chi connectivity index (χ0v) is 20.9. The summed E-state index contributed by atoms with van der Waals surface area (Å²) in [6.07, 6.45) is 8.53. The molecular formula is C27H35ClN2O3. The van der Waals surface area contributed by atoms with Crippen LogP contribution in [0.3, 0.4) is 0 Å². The predicted molar refractivity (Wildman–Crippen MR) is 129 cm³/mol. The fourth-order valence-electron chi connectivity index (χ4n) is 6.53. The normalized spacial score (nSPS) is 35.1. The van der Waals surface area contributed by atoms with Crippen LogP contribution in [0, 0.1) is 16.7 Å². The van der Waals surface area contributed by atoms with Crippen molar-refractivity contribution in [3.63, 3.8) is 0 Å². The highest BCUT2D eigenvalue weighted by Gasteiger charge is 2.75. The molecule has 2 amide bonds.